The smallest absolute Gasteiger partial charge is 0.140 e. The van der Waals surface area contributed by atoms with Crippen molar-refractivity contribution in [1.29, 1.82) is 0 Å². The summed E-state index contributed by atoms with van der Waals surface area (Å²) in [6, 6.07) is 0. The van der Waals surface area contributed by atoms with E-state index in [1.165, 1.54) is 0 Å². The van der Waals surface area contributed by atoms with Crippen molar-refractivity contribution in [2.45, 2.75) is 45.4 Å². The van der Waals surface area contributed by atoms with E-state index in [4.69, 9.17) is 0 Å². The minimum absolute atomic E-state index is 0.181. The van der Waals surface area contributed by atoms with Gasteiger partial charge in [-0.1, -0.05) is 35.4 Å². The summed E-state index contributed by atoms with van der Waals surface area (Å²) in [6.07, 6.45) is 8.38. The molecule has 13 heavy (non-hydrogen) atoms. The maximum Gasteiger partial charge on any atom is 0.140 e. The third-order valence-corrected chi connectivity index (χ3v) is 3.41. The van der Waals surface area contributed by atoms with Crippen LogP contribution < -0.4 is 0 Å². The van der Waals surface area contributed by atoms with Crippen LogP contribution in [-0.2, 0) is 4.79 Å². The molecule has 1 unspecified atom stereocenters. The Hall–Kier alpha value is -0.110. The molecule has 74 valence electrons. The van der Waals surface area contributed by atoms with Crippen molar-refractivity contribution >= 4 is 21.7 Å². The molecule has 1 rings (SSSR count). The van der Waals surface area contributed by atoms with Crippen LogP contribution in [0.3, 0.4) is 0 Å². The van der Waals surface area contributed by atoms with Gasteiger partial charge in [0.2, 0.25) is 0 Å². The fourth-order valence-electron chi connectivity index (χ4n) is 1.68. The van der Waals surface area contributed by atoms with E-state index >= 15 is 0 Å². The average molecular weight is 245 g/mol. The lowest BCUT2D eigenvalue weighted by Gasteiger charge is -2.18. The van der Waals surface area contributed by atoms with E-state index in [2.05, 4.69) is 28.9 Å². The standard InChI is InChI=1S/C11H17BrO/c1-2-3-8-11(13)9-6-4-5-7-10(9)12/h7,9H,2-6,8H2,1H3. The molecule has 0 fully saturated rings. The van der Waals surface area contributed by atoms with E-state index in [-0.39, 0.29) is 5.92 Å². The first-order chi connectivity index (χ1) is 6.25. The Kier molecular flexibility index (Phi) is 4.71. The van der Waals surface area contributed by atoms with Gasteiger partial charge in [-0.2, -0.15) is 0 Å². The highest BCUT2D eigenvalue weighted by Gasteiger charge is 2.22. The SMILES string of the molecule is CCCCC(=O)C1CCCC=C1Br. The van der Waals surface area contributed by atoms with E-state index in [1.54, 1.807) is 0 Å². The lowest BCUT2D eigenvalue weighted by Crippen LogP contribution is -2.16. The summed E-state index contributed by atoms with van der Waals surface area (Å²) in [4.78, 5) is 11.7. The maximum atomic E-state index is 11.7. The predicted molar refractivity (Wildman–Crippen MR) is 58.9 cm³/mol. The van der Waals surface area contributed by atoms with Crippen LogP contribution in [0.4, 0.5) is 0 Å². The minimum atomic E-state index is 0.181. The van der Waals surface area contributed by atoms with Gasteiger partial charge in [-0.15, -0.1) is 0 Å². The number of carbonyl (C=O) groups is 1. The second-order valence-electron chi connectivity index (χ2n) is 3.64. The molecule has 0 heterocycles. The summed E-state index contributed by atoms with van der Waals surface area (Å²) in [7, 11) is 0. The molecule has 0 spiro atoms. The summed E-state index contributed by atoms with van der Waals surface area (Å²) in [5.41, 5.74) is 0. The summed E-state index contributed by atoms with van der Waals surface area (Å²) < 4.78 is 1.12. The van der Waals surface area contributed by atoms with Crippen LogP contribution in [0.2, 0.25) is 0 Å². The van der Waals surface area contributed by atoms with Gasteiger partial charge in [0, 0.05) is 16.8 Å². The summed E-state index contributed by atoms with van der Waals surface area (Å²) >= 11 is 3.49. The first-order valence-corrected chi connectivity index (χ1v) is 5.93. The molecule has 0 saturated carbocycles. The molecule has 0 aliphatic heterocycles. The number of ketones is 1. The second kappa shape index (κ2) is 5.58. The summed E-state index contributed by atoms with van der Waals surface area (Å²) in [5, 5.41) is 0. The number of carbonyl (C=O) groups excluding carboxylic acids is 1. The Morgan fingerprint density at radius 2 is 2.46 bits per heavy atom. The fraction of sp³-hybridized carbons (Fsp3) is 0.727. The maximum absolute atomic E-state index is 11.7. The molecule has 0 saturated heterocycles. The van der Waals surface area contributed by atoms with Gasteiger partial charge in [0.1, 0.15) is 5.78 Å². The number of Topliss-reactive ketones (excluding diaryl/α,β-unsaturated/α-hetero) is 1. The molecule has 1 atom stereocenters. The minimum Gasteiger partial charge on any atom is -0.299 e. The van der Waals surface area contributed by atoms with Crippen molar-refractivity contribution in [3.8, 4) is 0 Å². The van der Waals surface area contributed by atoms with Gasteiger partial charge in [0.05, 0.1) is 0 Å². The Bertz CT molecular complexity index is 208. The van der Waals surface area contributed by atoms with Gasteiger partial charge in [0.25, 0.3) is 0 Å². The summed E-state index contributed by atoms with van der Waals surface area (Å²) in [5.74, 6) is 0.602. The number of hydrogen-bond donors (Lipinski definition) is 0. The average Bonchev–Trinajstić information content (AvgIpc) is 2.15. The predicted octanol–water partition coefficient (Wildman–Crippen LogP) is 3.82. The highest BCUT2D eigenvalue weighted by Crippen LogP contribution is 2.30. The van der Waals surface area contributed by atoms with Crippen LogP contribution >= 0.6 is 15.9 Å². The van der Waals surface area contributed by atoms with Gasteiger partial charge in [-0.25, -0.2) is 0 Å². The topological polar surface area (TPSA) is 17.1 Å². The number of halogens is 1. The molecular formula is C11H17BrO. The van der Waals surface area contributed by atoms with Gasteiger partial charge in [0.15, 0.2) is 0 Å². The largest absolute Gasteiger partial charge is 0.299 e. The molecule has 0 amide bonds. The Morgan fingerprint density at radius 3 is 3.08 bits per heavy atom. The van der Waals surface area contributed by atoms with E-state index < -0.39 is 0 Å². The number of unbranched alkanes of at least 4 members (excludes halogenated alkanes) is 1. The van der Waals surface area contributed by atoms with Crippen molar-refractivity contribution < 1.29 is 4.79 Å². The zero-order valence-electron chi connectivity index (χ0n) is 8.18. The fourth-order valence-corrected chi connectivity index (χ4v) is 2.40. The Balaban J connectivity index is 2.45. The van der Waals surface area contributed by atoms with Crippen molar-refractivity contribution in [2.75, 3.05) is 0 Å². The molecule has 1 aliphatic carbocycles. The van der Waals surface area contributed by atoms with Crippen molar-refractivity contribution in [2.24, 2.45) is 5.92 Å². The van der Waals surface area contributed by atoms with E-state index in [0.29, 0.717) is 5.78 Å². The molecule has 0 N–H and O–H groups in total. The van der Waals surface area contributed by atoms with Gasteiger partial charge in [-0.05, 0) is 25.7 Å². The number of hydrogen-bond acceptors (Lipinski definition) is 1. The quantitative estimate of drug-likeness (QED) is 0.735. The lowest BCUT2D eigenvalue weighted by molar-refractivity contribution is -0.122. The normalized spacial score (nSPS) is 22.6. The summed E-state index contributed by atoms with van der Waals surface area (Å²) in [6.45, 7) is 2.12. The number of allylic oxidation sites excluding steroid dienone is 2. The van der Waals surface area contributed by atoms with E-state index in [0.717, 1.165) is 43.0 Å². The molecule has 0 aromatic heterocycles. The zero-order chi connectivity index (χ0) is 9.68. The highest BCUT2D eigenvalue weighted by atomic mass is 79.9. The van der Waals surface area contributed by atoms with Gasteiger partial charge < -0.3 is 0 Å². The Labute approximate surface area is 88.7 Å². The van der Waals surface area contributed by atoms with Crippen molar-refractivity contribution in [1.82, 2.24) is 0 Å². The first kappa shape index (κ1) is 11.0. The van der Waals surface area contributed by atoms with E-state index in [9.17, 15) is 4.79 Å². The zero-order valence-corrected chi connectivity index (χ0v) is 9.77. The molecule has 0 bridgehead atoms. The molecule has 1 nitrogen and oxygen atoms in total. The van der Waals surface area contributed by atoms with Crippen LogP contribution in [0.5, 0.6) is 0 Å². The third-order valence-electron chi connectivity index (χ3n) is 2.53. The molecule has 0 aromatic rings. The molecular weight excluding hydrogens is 228 g/mol. The molecule has 0 radical (unpaired) electrons. The van der Waals surface area contributed by atoms with Crippen molar-refractivity contribution in [3.05, 3.63) is 10.6 Å². The molecule has 0 aromatic carbocycles. The van der Waals surface area contributed by atoms with Crippen LogP contribution in [0, 0.1) is 5.92 Å². The lowest BCUT2D eigenvalue weighted by atomic mass is 9.90. The van der Waals surface area contributed by atoms with Crippen LogP contribution in [-0.4, -0.2) is 5.78 Å². The van der Waals surface area contributed by atoms with E-state index in [1.807, 2.05) is 0 Å². The van der Waals surface area contributed by atoms with Crippen LogP contribution in [0.15, 0.2) is 10.6 Å². The monoisotopic (exact) mass is 244 g/mol. The second-order valence-corrected chi connectivity index (χ2v) is 4.56. The first-order valence-electron chi connectivity index (χ1n) is 5.14. The third kappa shape index (κ3) is 3.26. The molecule has 2 heteroatoms. The number of rotatable bonds is 4. The highest BCUT2D eigenvalue weighted by molar-refractivity contribution is 9.11. The molecule has 1 aliphatic rings. The van der Waals surface area contributed by atoms with Crippen molar-refractivity contribution in [3.63, 3.8) is 0 Å². The van der Waals surface area contributed by atoms with Gasteiger partial charge >= 0.3 is 0 Å². The van der Waals surface area contributed by atoms with Crippen LogP contribution in [0.25, 0.3) is 0 Å². The van der Waals surface area contributed by atoms with Gasteiger partial charge in [-0.3, -0.25) is 4.79 Å². The Morgan fingerprint density at radius 1 is 1.69 bits per heavy atom. The van der Waals surface area contributed by atoms with Crippen LogP contribution in [0.1, 0.15) is 45.4 Å².